The van der Waals surface area contributed by atoms with Gasteiger partial charge in [-0.2, -0.15) is 0 Å². The number of hydrogen-bond donors (Lipinski definition) is 0. The zero-order valence-corrected chi connectivity index (χ0v) is 13.1. The van der Waals surface area contributed by atoms with Crippen molar-refractivity contribution in [3.63, 3.8) is 0 Å². The number of imidazole rings is 1. The molecule has 5 nitrogen and oxygen atoms in total. The number of aryl methyl sites for hydroxylation is 2. The van der Waals surface area contributed by atoms with Gasteiger partial charge in [0, 0.05) is 23.0 Å². The molecule has 0 aliphatic carbocycles. The molecule has 0 radical (unpaired) electrons. The number of nitrogens with zero attached hydrogens (tertiary/aromatic N) is 4. The molecule has 3 heterocycles. The highest BCUT2D eigenvalue weighted by Crippen LogP contribution is 2.20. The molecule has 104 valence electrons. The molecule has 0 bridgehead atoms. The summed E-state index contributed by atoms with van der Waals surface area (Å²) in [6, 6.07) is 1.94. The van der Waals surface area contributed by atoms with Gasteiger partial charge in [-0.15, -0.1) is 11.6 Å². The Morgan fingerprint density at radius 1 is 1.35 bits per heavy atom. The molecule has 3 aromatic heterocycles. The number of halogens is 2. The van der Waals surface area contributed by atoms with Crippen LogP contribution in [-0.4, -0.2) is 25.4 Å². The molecular formula is C13H12BrClN4O. The number of aromatic nitrogens is 4. The number of fused-ring (bicyclic) bond motifs is 1. The van der Waals surface area contributed by atoms with Crippen LogP contribution in [0.25, 0.3) is 11.2 Å². The molecule has 3 aromatic rings. The lowest BCUT2D eigenvalue weighted by Crippen LogP contribution is -2.06. The summed E-state index contributed by atoms with van der Waals surface area (Å²) in [6.07, 6.45) is 4.14. The van der Waals surface area contributed by atoms with Gasteiger partial charge in [0.05, 0.1) is 6.20 Å². The van der Waals surface area contributed by atoms with E-state index in [4.69, 9.17) is 16.0 Å². The van der Waals surface area contributed by atoms with Gasteiger partial charge in [-0.3, -0.25) is 0 Å². The first-order valence-electron chi connectivity index (χ1n) is 6.15. The molecule has 7 heteroatoms. The molecule has 0 aromatic carbocycles. The largest absolute Gasteiger partial charge is 0.444 e. The summed E-state index contributed by atoms with van der Waals surface area (Å²) in [5.41, 5.74) is 1.65. The standard InChI is InChI=1S/C13H12BrClN4O/c1-8-5-16-12(20-8)7-19-11(2-3-15)18-10-4-9(14)6-17-13(10)19/h4-6H,2-3,7H2,1H3. The van der Waals surface area contributed by atoms with E-state index in [0.717, 1.165) is 27.2 Å². The van der Waals surface area contributed by atoms with Gasteiger partial charge in [0.25, 0.3) is 0 Å². The van der Waals surface area contributed by atoms with Crippen LogP contribution in [0.3, 0.4) is 0 Å². The fourth-order valence-corrected chi connectivity index (χ4v) is 2.57. The highest BCUT2D eigenvalue weighted by molar-refractivity contribution is 9.10. The molecule has 20 heavy (non-hydrogen) atoms. The predicted octanol–water partition coefficient (Wildman–Crippen LogP) is 3.32. The molecule has 0 spiro atoms. The summed E-state index contributed by atoms with van der Waals surface area (Å²) in [7, 11) is 0. The predicted molar refractivity (Wildman–Crippen MR) is 80.0 cm³/mol. The molecule has 0 amide bonds. The molecule has 0 fully saturated rings. The fourth-order valence-electron chi connectivity index (χ4n) is 2.08. The van der Waals surface area contributed by atoms with E-state index in [0.29, 0.717) is 24.7 Å². The highest BCUT2D eigenvalue weighted by atomic mass is 79.9. The molecule has 0 unspecified atom stereocenters. The first-order chi connectivity index (χ1) is 9.67. The summed E-state index contributed by atoms with van der Waals surface area (Å²) in [6.45, 7) is 2.38. The molecule has 3 rings (SSSR count). The molecule has 0 saturated carbocycles. The zero-order chi connectivity index (χ0) is 14.1. The first-order valence-corrected chi connectivity index (χ1v) is 7.48. The van der Waals surface area contributed by atoms with Crippen molar-refractivity contribution >= 4 is 38.7 Å². The van der Waals surface area contributed by atoms with Gasteiger partial charge < -0.3 is 8.98 Å². The van der Waals surface area contributed by atoms with Gasteiger partial charge in [0.15, 0.2) is 5.65 Å². The Labute approximate surface area is 129 Å². The number of pyridine rings is 1. The number of oxazole rings is 1. The second kappa shape index (κ2) is 5.54. The summed E-state index contributed by atoms with van der Waals surface area (Å²) in [5, 5.41) is 0. The molecule has 0 atom stereocenters. The zero-order valence-electron chi connectivity index (χ0n) is 10.8. The Kier molecular flexibility index (Phi) is 3.76. The third kappa shape index (κ3) is 2.58. The number of rotatable bonds is 4. The van der Waals surface area contributed by atoms with Crippen molar-refractivity contribution in [3.05, 3.63) is 40.4 Å². The fraction of sp³-hybridized carbons (Fsp3) is 0.308. The minimum Gasteiger partial charge on any atom is -0.444 e. The van der Waals surface area contributed by atoms with E-state index < -0.39 is 0 Å². The van der Waals surface area contributed by atoms with Crippen LogP contribution in [0.2, 0.25) is 0 Å². The van der Waals surface area contributed by atoms with Crippen molar-refractivity contribution in [2.45, 2.75) is 19.9 Å². The molecule has 0 aliphatic heterocycles. The van der Waals surface area contributed by atoms with Crippen molar-refractivity contribution in [2.75, 3.05) is 5.88 Å². The molecule has 0 N–H and O–H groups in total. The van der Waals surface area contributed by atoms with E-state index in [-0.39, 0.29) is 0 Å². The van der Waals surface area contributed by atoms with Gasteiger partial charge in [-0.05, 0) is 28.9 Å². The van der Waals surface area contributed by atoms with Crippen molar-refractivity contribution in [3.8, 4) is 0 Å². The summed E-state index contributed by atoms with van der Waals surface area (Å²) < 4.78 is 8.43. The SMILES string of the molecule is Cc1cnc(Cn2c(CCCl)nc3cc(Br)cnc32)o1. The lowest BCUT2D eigenvalue weighted by Gasteiger charge is -2.04. The van der Waals surface area contributed by atoms with Gasteiger partial charge >= 0.3 is 0 Å². The van der Waals surface area contributed by atoms with Gasteiger partial charge in [-0.25, -0.2) is 15.0 Å². The van der Waals surface area contributed by atoms with E-state index in [1.807, 2.05) is 17.6 Å². The highest BCUT2D eigenvalue weighted by Gasteiger charge is 2.14. The Bertz CT molecular complexity index is 752. The Morgan fingerprint density at radius 2 is 2.20 bits per heavy atom. The van der Waals surface area contributed by atoms with Gasteiger partial charge in [0.1, 0.15) is 23.6 Å². The van der Waals surface area contributed by atoms with Crippen LogP contribution in [0.5, 0.6) is 0 Å². The Hall–Kier alpha value is -1.40. The van der Waals surface area contributed by atoms with Crippen LogP contribution in [-0.2, 0) is 13.0 Å². The smallest absolute Gasteiger partial charge is 0.214 e. The topological polar surface area (TPSA) is 56.7 Å². The van der Waals surface area contributed by atoms with Crippen molar-refractivity contribution in [1.29, 1.82) is 0 Å². The van der Waals surface area contributed by atoms with Crippen LogP contribution in [0, 0.1) is 6.92 Å². The summed E-state index contributed by atoms with van der Waals surface area (Å²) in [4.78, 5) is 13.2. The van der Waals surface area contributed by atoms with Crippen molar-refractivity contribution < 1.29 is 4.42 Å². The Balaban J connectivity index is 2.08. The second-order valence-corrected chi connectivity index (χ2v) is 5.71. The van der Waals surface area contributed by atoms with Crippen LogP contribution in [0.1, 0.15) is 17.5 Å². The first kappa shape index (κ1) is 13.6. The van der Waals surface area contributed by atoms with Crippen LogP contribution in [0.15, 0.2) is 27.3 Å². The normalized spacial score (nSPS) is 11.3. The number of alkyl halides is 1. The molecule has 0 aliphatic rings. The average molecular weight is 356 g/mol. The second-order valence-electron chi connectivity index (χ2n) is 4.41. The van der Waals surface area contributed by atoms with E-state index in [9.17, 15) is 0 Å². The van der Waals surface area contributed by atoms with E-state index in [1.54, 1.807) is 12.4 Å². The average Bonchev–Trinajstić information content (AvgIpc) is 2.95. The maximum Gasteiger partial charge on any atom is 0.214 e. The van der Waals surface area contributed by atoms with Gasteiger partial charge in [-0.1, -0.05) is 0 Å². The van der Waals surface area contributed by atoms with Crippen LogP contribution >= 0.6 is 27.5 Å². The lowest BCUT2D eigenvalue weighted by atomic mass is 10.4. The minimum atomic E-state index is 0.505. The van der Waals surface area contributed by atoms with E-state index >= 15 is 0 Å². The third-order valence-electron chi connectivity index (χ3n) is 2.91. The van der Waals surface area contributed by atoms with Gasteiger partial charge in [0.2, 0.25) is 5.89 Å². The van der Waals surface area contributed by atoms with E-state index in [1.165, 1.54) is 0 Å². The maximum absolute atomic E-state index is 5.85. The van der Waals surface area contributed by atoms with Crippen LogP contribution < -0.4 is 0 Å². The lowest BCUT2D eigenvalue weighted by molar-refractivity contribution is 0.456. The number of hydrogen-bond acceptors (Lipinski definition) is 4. The third-order valence-corrected chi connectivity index (χ3v) is 3.53. The Morgan fingerprint density at radius 3 is 2.90 bits per heavy atom. The minimum absolute atomic E-state index is 0.505. The molecule has 0 saturated heterocycles. The van der Waals surface area contributed by atoms with Crippen molar-refractivity contribution in [1.82, 2.24) is 19.5 Å². The molecular weight excluding hydrogens is 344 g/mol. The monoisotopic (exact) mass is 354 g/mol. The summed E-state index contributed by atoms with van der Waals surface area (Å²) >= 11 is 9.26. The van der Waals surface area contributed by atoms with Crippen molar-refractivity contribution in [2.24, 2.45) is 0 Å². The van der Waals surface area contributed by atoms with E-state index in [2.05, 4.69) is 30.9 Å². The summed E-state index contributed by atoms with van der Waals surface area (Å²) in [5.74, 6) is 2.83. The quantitative estimate of drug-likeness (QED) is 0.674. The maximum atomic E-state index is 5.85. The van der Waals surface area contributed by atoms with Crippen LogP contribution in [0.4, 0.5) is 0 Å².